The molecule has 11 heteroatoms. The van der Waals surface area contributed by atoms with Gasteiger partial charge in [-0.2, -0.15) is 9.30 Å². The van der Waals surface area contributed by atoms with Crippen molar-refractivity contribution in [3.05, 3.63) is 88.2 Å². The maximum atomic E-state index is 13.3. The Bertz CT molecular complexity index is 1720. The van der Waals surface area contributed by atoms with E-state index < -0.39 is 15.9 Å². The monoisotopic (exact) mass is 564 g/mol. The van der Waals surface area contributed by atoms with E-state index in [0.717, 1.165) is 15.8 Å². The van der Waals surface area contributed by atoms with Crippen LogP contribution in [0.5, 0.6) is 0 Å². The molecule has 2 heterocycles. The largest absolute Gasteiger partial charge is 0.383 e. The van der Waals surface area contributed by atoms with Crippen molar-refractivity contribution in [1.29, 1.82) is 0 Å². The molecular weight excluding hydrogens is 536 g/mol. The average Bonchev–Trinajstić information content (AvgIpc) is 3.27. The Morgan fingerprint density at radius 2 is 1.79 bits per heavy atom. The fourth-order valence-corrected chi connectivity index (χ4v) is 7.10. The Kier molecular flexibility index (Phi) is 7.76. The van der Waals surface area contributed by atoms with Crippen LogP contribution in [0, 0.1) is 0 Å². The second-order valence-electron chi connectivity index (χ2n) is 9.19. The van der Waals surface area contributed by atoms with E-state index in [9.17, 15) is 18.0 Å². The molecule has 1 aliphatic rings. The molecule has 4 aromatic rings. The van der Waals surface area contributed by atoms with Crippen LogP contribution in [0.2, 0.25) is 0 Å². The Balaban J connectivity index is 1.41. The number of nitrogens with one attached hydrogen (secondary N) is 1. The molecule has 202 valence electrons. The molecule has 0 saturated heterocycles. The van der Waals surface area contributed by atoms with E-state index in [1.54, 1.807) is 13.2 Å². The summed E-state index contributed by atoms with van der Waals surface area (Å²) in [7, 11) is -2.11. The first-order valence-electron chi connectivity index (χ1n) is 12.4. The number of carbonyl (C=O) groups is 2. The first-order valence-corrected chi connectivity index (χ1v) is 14.7. The molecule has 0 aliphatic carbocycles. The van der Waals surface area contributed by atoms with Crippen molar-refractivity contribution in [1.82, 2.24) is 8.87 Å². The molecule has 1 aromatic heterocycles. The maximum Gasteiger partial charge on any atom is 0.279 e. The summed E-state index contributed by atoms with van der Waals surface area (Å²) in [6.45, 7) is 3.09. The number of rotatable bonds is 7. The summed E-state index contributed by atoms with van der Waals surface area (Å²) in [4.78, 5) is 29.5. The Hall–Kier alpha value is -3.64. The van der Waals surface area contributed by atoms with Crippen LogP contribution in [0.3, 0.4) is 0 Å². The van der Waals surface area contributed by atoms with Gasteiger partial charge in [0.15, 0.2) is 4.80 Å². The fraction of sp³-hybridized carbons (Fsp3) is 0.250. The van der Waals surface area contributed by atoms with Gasteiger partial charge in [0.2, 0.25) is 15.9 Å². The number of carbonyl (C=O) groups excluding carboxylic acids is 2. The minimum Gasteiger partial charge on any atom is -0.383 e. The predicted octanol–water partition coefficient (Wildman–Crippen LogP) is 3.80. The number of nitrogens with zero attached hydrogens (tertiary/aromatic N) is 3. The van der Waals surface area contributed by atoms with Crippen molar-refractivity contribution >= 4 is 49.1 Å². The zero-order valence-electron chi connectivity index (χ0n) is 21.6. The molecule has 39 heavy (non-hydrogen) atoms. The summed E-state index contributed by atoms with van der Waals surface area (Å²) in [5.41, 5.74) is 3.98. The number of ether oxygens (including phenoxy) is 1. The number of aromatic nitrogens is 1. The number of methoxy groups -OCH3 is 1. The molecule has 0 spiro atoms. The van der Waals surface area contributed by atoms with Gasteiger partial charge in [0, 0.05) is 44.9 Å². The third kappa shape index (κ3) is 5.71. The van der Waals surface area contributed by atoms with Gasteiger partial charge in [0.25, 0.3) is 5.91 Å². The topological polar surface area (TPSA) is 110 Å². The van der Waals surface area contributed by atoms with Crippen LogP contribution in [0.25, 0.3) is 10.2 Å². The second kappa shape index (κ2) is 11.2. The highest BCUT2D eigenvalue weighted by atomic mass is 32.2. The van der Waals surface area contributed by atoms with Gasteiger partial charge in [-0.3, -0.25) is 9.59 Å². The highest BCUT2D eigenvalue weighted by Gasteiger charge is 2.28. The summed E-state index contributed by atoms with van der Waals surface area (Å²) >= 11 is 1.33. The van der Waals surface area contributed by atoms with Gasteiger partial charge in [0.1, 0.15) is 0 Å². The van der Waals surface area contributed by atoms with Gasteiger partial charge in [-0.25, -0.2) is 8.42 Å². The van der Waals surface area contributed by atoms with E-state index in [-0.39, 0.29) is 16.4 Å². The molecule has 0 atom stereocenters. The van der Waals surface area contributed by atoms with E-state index in [1.807, 2.05) is 41.0 Å². The van der Waals surface area contributed by atoms with Gasteiger partial charge >= 0.3 is 0 Å². The molecule has 9 nitrogen and oxygen atoms in total. The van der Waals surface area contributed by atoms with Crippen molar-refractivity contribution in [2.24, 2.45) is 4.99 Å². The van der Waals surface area contributed by atoms with Crippen molar-refractivity contribution in [3.63, 3.8) is 0 Å². The quantitative estimate of drug-likeness (QED) is 0.367. The highest BCUT2D eigenvalue weighted by molar-refractivity contribution is 7.89. The molecule has 0 radical (unpaired) electrons. The van der Waals surface area contributed by atoms with Crippen LogP contribution < -0.4 is 10.1 Å². The summed E-state index contributed by atoms with van der Waals surface area (Å²) in [5, 5.41) is 2.77. The van der Waals surface area contributed by atoms with Gasteiger partial charge in [-0.15, -0.1) is 0 Å². The van der Waals surface area contributed by atoms with Crippen LogP contribution >= 0.6 is 11.3 Å². The number of benzene rings is 3. The van der Waals surface area contributed by atoms with Crippen LogP contribution in [0.1, 0.15) is 28.4 Å². The minimum atomic E-state index is -3.71. The number of thiazole rings is 1. The van der Waals surface area contributed by atoms with Crippen molar-refractivity contribution < 1.29 is 22.7 Å². The van der Waals surface area contributed by atoms with Crippen LogP contribution in [0.15, 0.2) is 76.6 Å². The third-order valence-corrected chi connectivity index (χ3v) is 9.45. The third-order valence-electron chi connectivity index (χ3n) is 6.55. The molecule has 1 aliphatic heterocycles. The SMILES string of the molecule is COCCn1c(=NC(=O)c2ccc(S(=O)(=O)N3CCc4ccccc4C3)cc2)sc2cc(NC(C)=O)ccc21. The van der Waals surface area contributed by atoms with E-state index in [1.165, 1.54) is 52.4 Å². The highest BCUT2D eigenvalue weighted by Crippen LogP contribution is 2.26. The molecule has 0 bridgehead atoms. The molecule has 3 aromatic carbocycles. The molecule has 0 fully saturated rings. The second-order valence-corrected chi connectivity index (χ2v) is 12.1. The summed E-state index contributed by atoms with van der Waals surface area (Å²) < 4.78 is 36.0. The molecule has 2 amide bonds. The Morgan fingerprint density at radius 3 is 2.51 bits per heavy atom. The van der Waals surface area contributed by atoms with Gasteiger partial charge in [-0.05, 0) is 60.0 Å². The zero-order chi connectivity index (χ0) is 27.6. The Labute approximate surface area is 230 Å². The van der Waals surface area contributed by atoms with E-state index in [4.69, 9.17) is 4.74 Å². The number of fused-ring (bicyclic) bond motifs is 2. The van der Waals surface area contributed by atoms with Crippen molar-refractivity contribution in [2.75, 3.05) is 25.6 Å². The number of amides is 2. The van der Waals surface area contributed by atoms with Gasteiger partial charge in [0.05, 0.1) is 21.7 Å². The zero-order valence-corrected chi connectivity index (χ0v) is 23.2. The maximum absolute atomic E-state index is 13.3. The summed E-state index contributed by atoms with van der Waals surface area (Å²) in [6.07, 6.45) is 0.662. The predicted molar refractivity (Wildman–Crippen MR) is 150 cm³/mol. The minimum absolute atomic E-state index is 0.140. The van der Waals surface area contributed by atoms with E-state index in [0.29, 0.717) is 43.2 Å². The van der Waals surface area contributed by atoms with E-state index >= 15 is 0 Å². The van der Waals surface area contributed by atoms with Crippen molar-refractivity contribution in [3.8, 4) is 0 Å². The molecule has 0 unspecified atom stereocenters. The van der Waals surface area contributed by atoms with Crippen molar-refractivity contribution in [2.45, 2.75) is 31.3 Å². The van der Waals surface area contributed by atoms with Crippen LogP contribution in [-0.2, 0) is 39.1 Å². The average molecular weight is 565 g/mol. The lowest BCUT2D eigenvalue weighted by molar-refractivity contribution is -0.114. The Morgan fingerprint density at radius 1 is 1.05 bits per heavy atom. The number of hydrogen-bond donors (Lipinski definition) is 1. The van der Waals surface area contributed by atoms with Crippen LogP contribution in [0.4, 0.5) is 5.69 Å². The molecule has 1 N–H and O–H groups in total. The summed E-state index contributed by atoms with van der Waals surface area (Å²) in [6, 6.07) is 19.3. The number of sulfonamides is 1. The van der Waals surface area contributed by atoms with Gasteiger partial charge < -0.3 is 14.6 Å². The first-order chi connectivity index (χ1) is 18.8. The fourth-order valence-electron chi connectivity index (χ4n) is 4.58. The smallest absolute Gasteiger partial charge is 0.279 e. The molecular formula is C28H28N4O5S2. The lowest BCUT2D eigenvalue weighted by Crippen LogP contribution is -2.35. The number of anilines is 1. The van der Waals surface area contributed by atoms with E-state index in [2.05, 4.69) is 10.3 Å². The lowest BCUT2D eigenvalue weighted by atomic mass is 10.0. The molecule has 0 saturated carbocycles. The first kappa shape index (κ1) is 26.9. The normalized spacial score (nSPS) is 14.4. The lowest BCUT2D eigenvalue weighted by Gasteiger charge is -2.28. The van der Waals surface area contributed by atoms with Crippen LogP contribution in [-0.4, -0.2) is 49.4 Å². The summed E-state index contributed by atoms with van der Waals surface area (Å²) in [5.74, 6) is -0.653. The number of hydrogen-bond acceptors (Lipinski definition) is 6. The standard InChI is InChI=1S/C28H28N4O5S2/c1-19(33)29-23-9-12-25-26(17-23)38-28(32(25)15-16-37-2)30-27(34)21-7-10-24(11-8-21)39(35,36)31-14-13-20-5-3-4-6-22(20)18-31/h3-12,17H,13-16,18H2,1-2H3,(H,29,33). The van der Waals surface area contributed by atoms with Gasteiger partial charge in [-0.1, -0.05) is 35.6 Å². The molecule has 5 rings (SSSR count).